The van der Waals surface area contributed by atoms with Crippen LogP contribution in [0.5, 0.6) is 0 Å². The maximum absolute atomic E-state index is 12.0. The molecule has 2 rings (SSSR count). The Morgan fingerprint density at radius 3 is 2.63 bits per heavy atom. The van der Waals surface area contributed by atoms with Crippen LogP contribution in [0, 0.1) is 12.3 Å². The van der Waals surface area contributed by atoms with Crippen molar-refractivity contribution in [1.29, 1.82) is 0 Å². The maximum atomic E-state index is 12.0. The first kappa shape index (κ1) is 14.3. The second kappa shape index (κ2) is 5.51. The molecule has 1 saturated carbocycles. The van der Waals surface area contributed by atoms with Crippen molar-refractivity contribution in [3.05, 3.63) is 20.8 Å². The highest BCUT2D eigenvalue weighted by Crippen LogP contribution is 2.43. The van der Waals surface area contributed by atoms with E-state index in [1.54, 1.807) is 0 Å². The van der Waals surface area contributed by atoms with Crippen molar-refractivity contribution in [2.45, 2.75) is 32.6 Å². The third kappa shape index (κ3) is 3.09. The fourth-order valence-corrected chi connectivity index (χ4v) is 3.54. The number of carboxylic acid groups (broad SMARTS) is 1. The van der Waals surface area contributed by atoms with Crippen LogP contribution in [0.25, 0.3) is 0 Å². The Bertz CT molecular complexity index is 508. The summed E-state index contributed by atoms with van der Waals surface area (Å²) in [6, 6.07) is 0. The summed E-state index contributed by atoms with van der Waals surface area (Å²) >= 11 is 7.36. The smallest absolute Gasteiger partial charge is 0.303 e. The second-order valence-corrected chi connectivity index (χ2v) is 6.43. The SMILES string of the molecule is Cc1csc(C(=O)NCC2(CC(=O)O)CCC2)c1Cl. The average molecular weight is 302 g/mol. The molecule has 2 N–H and O–H groups in total. The zero-order valence-electron chi connectivity index (χ0n) is 10.7. The lowest BCUT2D eigenvalue weighted by Crippen LogP contribution is -2.43. The second-order valence-electron chi connectivity index (χ2n) is 5.17. The monoisotopic (exact) mass is 301 g/mol. The molecule has 0 unspecified atom stereocenters. The molecule has 0 radical (unpaired) electrons. The number of hydrogen-bond acceptors (Lipinski definition) is 3. The Labute approximate surface area is 120 Å². The number of thiophene rings is 1. The third-order valence-electron chi connectivity index (χ3n) is 3.67. The number of nitrogens with one attached hydrogen (secondary N) is 1. The molecule has 19 heavy (non-hydrogen) atoms. The van der Waals surface area contributed by atoms with Crippen molar-refractivity contribution in [3.8, 4) is 0 Å². The van der Waals surface area contributed by atoms with E-state index in [9.17, 15) is 9.59 Å². The van der Waals surface area contributed by atoms with Crippen LogP contribution in [0.4, 0.5) is 0 Å². The number of carbonyl (C=O) groups is 2. The van der Waals surface area contributed by atoms with Crippen LogP contribution in [0.1, 0.15) is 40.9 Å². The van der Waals surface area contributed by atoms with Gasteiger partial charge in [0.1, 0.15) is 4.88 Å². The molecular weight excluding hydrogens is 286 g/mol. The number of carbonyl (C=O) groups excluding carboxylic acids is 1. The quantitative estimate of drug-likeness (QED) is 0.878. The van der Waals surface area contributed by atoms with Gasteiger partial charge in [-0.25, -0.2) is 0 Å². The van der Waals surface area contributed by atoms with Crippen molar-refractivity contribution in [3.63, 3.8) is 0 Å². The van der Waals surface area contributed by atoms with E-state index >= 15 is 0 Å². The molecular formula is C13H16ClNO3S. The van der Waals surface area contributed by atoms with Crippen LogP contribution < -0.4 is 5.32 Å². The molecule has 1 fully saturated rings. The zero-order valence-corrected chi connectivity index (χ0v) is 12.2. The third-order valence-corrected chi connectivity index (χ3v) is 5.37. The molecule has 1 aliphatic rings. The fourth-order valence-electron chi connectivity index (χ4n) is 2.34. The van der Waals surface area contributed by atoms with Crippen molar-refractivity contribution in [1.82, 2.24) is 5.32 Å². The van der Waals surface area contributed by atoms with Crippen LogP contribution in [0.15, 0.2) is 5.38 Å². The van der Waals surface area contributed by atoms with Gasteiger partial charge in [-0.15, -0.1) is 11.3 Å². The van der Waals surface area contributed by atoms with Crippen molar-refractivity contribution < 1.29 is 14.7 Å². The molecule has 1 heterocycles. The number of carboxylic acids is 1. The Morgan fingerprint density at radius 2 is 2.21 bits per heavy atom. The van der Waals surface area contributed by atoms with Gasteiger partial charge >= 0.3 is 5.97 Å². The van der Waals surface area contributed by atoms with Gasteiger partial charge in [0.15, 0.2) is 0 Å². The summed E-state index contributed by atoms with van der Waals surface area (Å²) in [6.45, 7) is 2.26. The van der Waals surface area contributed by atoms with Crippen LogP contribution >= 0.6 is 22.9 Å². The van der Waals surface area contributed by atoms with E-state index in [2.05, 4.69) is 5.32 Å². The van der Waals surface area contributed by atoms with E-state index in [1.165, 1.54) is 11.3 Å². The van der Waals surface area contributed by atoms with Crippen molar-refractivity contribution in [2.24, 2.45) is 5.41 Å². The van der Waals surface area contributed by atoms with Gasteiger partial charge in [-0.3, -0.25) is 9.59 Å². The van der Waals surface area contributed by atoms with Gasteiger partial charge in [-0.05, 0) is 36.1 Å². The molecule has 104 valence electrons. The molecule has 0 bridgehead atoms. The van der Waals surface area contributed by atoms with Gasteiger partial charge in [-0.2, -0.15) is 0 Å². The molecule has 1 aliphatic carbocycles. The molecule has 1 aromatic rings. The van der Waals surface area contributed by atoms with Gasteiger partial charge in [0, 0.05) is 6.54 Å². The lowest BCUT2D eigenvalue weighted by atomic mass is 9.66. The molecule has 1 aromatic heterocycles. The van der Waals surface area contributed by atoms with E-state index in [0.717, 1.165) is 24.8 Å². The molecule has 1 amide bonds. The molecule has 4 nitrogen and oxygen atoms in total. The first-order chi connectivity index (χ1) is 8.93. The Kier molecular flexibility index (Phi) is 4.16. The van der Waals surface area contributed by atoms with E-state index in [1.807, 2.05) is 12.3 Å². The number of hydrogen-bond donors (Lipinski definition) is 2. The Hall–Kier alpha value is -1.07. The molecule has 0 aromatic carbocycles. The minimum Gasteiger partial charge on any atom is -0.481 e. The molecule has 6 heteroatoms. The number of rotatable bonds is 5. The normalized spacial score (nSPS) is 16.7. The minimum absolute atomic E-state index is 0.116. The summed E-state index contributed by atoms with van der Waals surface area (Å²) in [4.78, 5) is 23.4. The Balaban J connectivity index is 1.96. The van der Waals surface area contributed by atoms with Gasteiger partial charge in [0.05, 0.1) is 11.4 Å². The molecule has 0 aliphatic heterocycles. The van der Waals surface area contributed by atoms with E-state index in [0.29, 0.717) is 16.4 Å². The van der Waals surface area contributed by atoms with Crippen LogP contribution in [0.3, 0.4) is 0 Å². The van der Waals surface area contributed by atoms with Crippen LogP contribution in [-0.4, -0.2) is 23.5 Å². The van der Waals surface area contributed by atoms with E-state index in [4.69, 9.17) is 16.7 Å². The predicted octanol–water partition coefficient (Wildman–Crippen LogP) is 3.08. The number of halogens is 1. The highest BCUT2D eigenvalue weighted by molar-refractivity contribution is 7.13. The van der Waals surface area contributed by atoms with E-state index in [-0.39, 0.29) is 17.7 Å². The largest absolute Gasteiger partial charge is 0.481 e. The van der Waals surface area contributed by atoms with Crippen LogP contribution in [0.2, 0.25) is 5.02 Å². The van der Waals surface area contributed by atoms with Gasteiger partial charge < -0.3 is 10.4 Å². The highest BCUT2D eigenvalue weighted by Gasteiger charge is 2.39. The molecule has 0 atom stereocenters. The first-order valence-corrected chi connectivity index (χ1v) is 7.43. The van der Waals surface area contributed by atoms with Gasteiger partial charge in [0.2, 0.25) is 0 Å². The molecule has 0 saturated heterocycles. The lowest BCUT2D eigenvalue weighted by molar-refractivity contribution is -0.141. The summed E-state index contributed by atoms with van der Waals surface area (Å²) in [6.07, 6.45) is 2.86. The van der Waals surface area contributed by atoms with E-state index < -0.39 is 5.97 Å². The summed E-state index contributed by atoms with van der Waals surface area (Å²) < 4.78 is 0. The standard InChI is InChI=1S/C13H16ClNO3S/c1-8-6-19-11(10(8)14)12(18)15-7-13(3-2-4-13)5-9(16)17/h6H,2-5,7H2,1H3,(H,15,18)(H,16,17). The summed E-state index contributed by atoms with van der Waals surface area (Å²) in [5.74, 6) is -1.02. The highest BCUT2D eigenvalue weighted by atomic mass is 35.5. The lowest BCUT2D eigenvalue weighted by Gasteiger charge is -2.40. The number of amides is 1. The van der Waals surface area contributed by atoms with Crippen molar-refractivity contribution >= 4 is 34.8 Å². The number of aryl methyl sites for hydroxylation is 1. The van der Waals surface area contributed by atoms with Gasteiger partial charge in [0.25, 0.3) is 5.91 Å². The average Bonchev–Trinajstić information content (AvgIpc) is 2.62. The van der Waals surface area contributed by atoms with Crippen molar-refractivity contribution in [2.75, 3.05) is 6.54 Å². The fraction of sp³-hybridized carbons (Fsp3) is 0.538. The molecule has 0 spiro atoms. The summed E-state index contributed by atoms with van der Waals surface area (Å²) in [5.41, 5.74) is 0.626. The summed E-state index contributed by atoms with van der Waals surface area (Å²) in [5, 5.41) is 14.1. The minimum atomic E-state index is -0.807. The van der Waals surface area contributed by atoms with Gasteiger partial charge in [-0.1, -0.05) is 18.0 Å². The zero-order chi connectivity index (χ0) is 14.0. The maximum Gasteiger partial charge on any atom is 0.303 e. The topological polar surface area (TPSA) is 66.4 Å². The Morgan fingerprint density at radius 1 is 1.53 bits per heavy atom. The van der Waals surface area contributed by atoms with Crippen LogP contribution in [-0.2, 0) is 4.79 Å². The number of aliphatic carboxylic acids is 1. The first-order valence-electron chi connectivity index (χ1n) is 6.17. The summed E-state index contributed by atoms with van der Waals surface area (Å²) in [7, 11) is 0. The predicted molar refractivity (Wildman–Crippen MR) is 74.9 cm³/mol.